The molecular formula is C17H27BrClN. The number of benzene rings is 1. The lowest BCUT2D eigenvalue weighted by atomic mass is 9.99. The van der Waals surface area contributed by atoms with Crippen LogP contribution in [-0.4, -0.2) is 6.54 Å². The van der Waals surface area contributed by atoms with Crippen LogP contribution in [0.4, 0.5) is 0 Å². The van der Waals surface area contributed by atoms with Crippen molar-refractivity contribution in [3.63, 3.8) is 0 Å². The van der Waals surface area contributed by atoms with Gasteiger partial charge in [0.05, 0.1) is 5.02 Å². The summed E-state index contributed by atoms with van der Waals surface area (Å²) in [5, 5.41) is 4.50. The zero-order chi connectivity index (χ0) is 14.8. The molecule has 1 aromatic carbocycles. The number of halogens is 2. The van der Waals surface area contributed by atoms with E-state index in [0.29, 0.717) is 6.04 Å². The van der Waals surface area contributed by atoms with E-state index >= 15 is 0 Å². The van der Waals surface area contributed by atoms with Crippen molar-refractivity contribution >= 4 is 27.5 Å². The summed E-state index contributed by atoms with van der Waals surface area (Å²) in [4.78, 5) is 0. The molecule has 0 fully saturated rings. The van der Waals surface area contributed by atoms with E-state index in [1.54, 1.807) is 0 Å². The normalized spacial score (nSPS) is 12.6. The Morgan fingerprint density at radius 1 is 1.10 bits per heavy atom. The Morgan fingerprint density at radius 2 is 1.85 bits per heavy atom. The van der Waals surface area contributed by atoms with Gasteiger partial charge >= 0.3 is 0 Å². The standard InChI is InChI=1S/C17H27BrClN/c1-3-5-6-7-8-12-16(20-13-4-2)14-10-9-11-15(18)17(14)19/h9-11,16,20H,3-8,12-13H2,1-2H3. The second kappa shape index (κ2) is 10.6. The minimum absolute atomic E-state index is 0.376. The SMILES string of the molecule is CCCCCCCC(NCCC)c1cccc(Br)c1Cl. The molecule has 1 aromatic rings. The van der Waals surface area contributed by atoms with Gasteiger partial charge in [-0.15, -0.1) is 0 Å². The van der Waals surface area contributed by atoms with Crippen molar-refractivity contribution in [2.45, 2.75) is 64.8 Å². The Balaban J connectivity index is 2.61. The zero-order valence-electron chi connectivity index (χ0n) is 12.7. The number of unbranched alkanes of at least 4 members (excludes halogenated alkanes) is 4. The van der Waals surface area contributed by atoms with Crippen LogP contribution in [0.2, 0.25) is 5.02 Å². The van der Waals surface area contributed by atoms with Crippen LogP contribution in [0.25, 0.3) is 0 Å². The van der Waals surface area contributed by atoms with Gasteiger partial charge < -0.3 is 5.32 Å². The van der Waals surface area contributed by atoms with Gasteiger partial charge in [-0.3, -0.25) is 0 Å². The monoisotopic (exact) mass is 359 g/mol. The third kappa shape index (κ3) is 6.15. The maximum Gasteiger partial charge on any atom is 0.0595 e. The van der Waals surface area contributed by atoms with Gasteiger partial charge in [-0.25, -0.2) is 0 Å². The first-order chi connectivity index (χ1) is 9.70. The number of hydrogen-bond acceptors (Lipinski definition) is 1. The smallest absolute Gasteiger partial charge is 0.0595 e. The van der Waals surface area contributed by atoms with Gasteiger partial charge in [0.15, 0.2) is 0 Å². The molecular weight excluding hydrogens is 334 g/mol. The van der Waals surface area contributed by atoms with Gasteiger partial charge in [0.2, 0.25) is 0 Å². The van der Waals surface area contributed by atoms with E-state index in [1.165, 1.54) is 44.1 Å². The van der Waals surface area contributed by atoms with E-state index in [-0.39, 0.29) is 0 Å². The molecule has 20 heavy (non-hydrogen) atoms. The van der Waals surface area contributed by atoms with Gasteiger partial charge in [-0.2, -0.15) is 0 Å². The van der Waals surface area contributed by atoms with Crippen LogP contribution >= 0.6 is 27.5 Å². The summed E-state index contributed by atoms with van der Waals surface area (Å²) in [5.41, 5.74) is 1.23. The van der Waals surface area contributed by atoms with Crippen LogP contribution in [0.1, 0.15) is 70.4 Å². The average Bonchev–Trinajstić information content (AvgIpc) is 2.45. The minimum atomic E-state index is 0.376. The summed E-state index contributed by atoms with van der Waals surface area (Å²) >= 11 is 9.97. The molecule has 3 heteroatoms. The van der Waals surface area contributed by atoms with Crippen molar-refractivity contribution in [1.29, 1.82) is 0 Å². The first-order valence-electron chi connectivity index (χ1n) is 7.88. The van der Waals surface area contributed by atoms with Crippen LogP contribution in [0.15, 0.2) is 22.7 Å². The van der Waals surface area contributed by atoms with Crippen molar-refractivity contribution in [2.75, 3.05) is 6.54 Å². The second-order valence-electron chi connectivity index (χ2n) is 5.35. The van der Waals surface area contributed by atoms with Crippen LogP contribution in [0.5, 0.6) is 0 Å². The predicted octanol–water partition coefficient (Wildman–Crippen LogP) is 6.50. The molecule has 1 nitrogen and oxygen atoms in total. The Kier molecular flexibility index (Phi) is 9.58. The molecule has 1 unspecified atom stereocenters. The van der Waals surface area contributed by atoms with Crippen LogP contribution in [-0.2, 0) is 0 Å². The van der Waals surface area contributed by atoms with Crippen LogP contribution < -0.4 is 5.32 Å². The van der Waals surface area contributed by atoms with Crippen molar-refractivity contribution in [2.24, 2.45) is 0 Å². The zero-order valence-corrected chi connectivity index (χ0v) is 15.1. The van der Waals surface area contributed by atoms with Crippen molar-refractivity contribution in [3.05, 3.63) is 33.3 Å². The molecule has 1 rings (SSSR count). The average molecular weight is 361 g/mol. The molecule has 0 saturated carbocycles. The summed E-state index contributed by atoms with van der Waals surface area (Å²) in [7, 11) is 0. The van der Waals surface area contributed by atoms with Crippen LogP contribution in [0.3, 0.4) is 0 Å². The molecule has 0 bridgehead atoms. The highest BCUT2D eigenvalue weighted by atomic mass is 79.9. The van der Waals surface area contributed by atoms with E-state index in [4.69, 9.17) is 11.6 Å². The number of nitrogens with one attached hydrogen (secondary N) is 1. The molecule has 0 aliphatic carbocycles. The quantitative estimate of drug-likeness (QED) is 0.469. The van der Waals surface area contributed by atoms with Crippen LogP contribution in [0, 0.1) is 0 Å². The maximum absolute atomic E-state index is 6.44. The Bertz CT molecular complexity index is 381. The van der Waals surface area contributed by atoms with E-state index < -0.39 is 0 Å². The molecule has 0 radical (unpaired) electrons. The fourth-order valence-electron chi connectivity index (χ4n) is 2.43. The highest BCUT2D eigenvalue weighted by molar-refractivity contribution is 9.10. The first kappa shape index (κ1) is 18.0. The summed E-state index contributed by atoms with van der Waals surface area (Å²) in [6, 6.07) is 6.60. The van der Waals surface area contributed by atoms with Gasteiger partial charge in [-0.05, 0) is 46.9 Å². The number of hydrogen-bond donors (Lipinski definition) is 1. The van der Waals surface area contributed by atoms with Crippen molar-refractivity contribution in [3.8, 4) is 0 Å². The third-order valence-corrected chi connectivity index (χ3v) is 4.90. The van der Waals surface area contributed by atoms with Gasteiger partial charge in [-0.1, -0.05) is 69.7 Å². The van der Waals surface area contributed by atoms with Gasteiger partial charge in [0, 0.05) is 10.5 Å². The Hall–Kier alpha value is -0.0500. The fraction of sp³-hybridized carbons (Fsp3) is 0.647. The summed E-state index contributed by atoms with van der Waals surface area (Å²) in [5.74, 6) is 0. The van der Waals surface area contributed by atoms with Crippen molar-refractivity contribution < 1.29 is 0 Å². The molecule has 1 atom stereocenters. The topological polar surface area (TPSA) is 12.0 Å². The molecule has 114 valence electrons. The fourth-order valence-corrected chi connectivity index (χ4v) is 3.07. The lowest BCUT2D eigenvalue weighted by molar-refractivity contribution is 0.468. The molecule has 0 heterocycles. The largest absolute Gasteiger partial charge is 0.310 e. The maximum atomic E-state index is 6.44. The highest BCUT2D eigenvalue weighted by Crippen LogP contribution is 2.32. The molecule has 0 aliphatic heterocycles. The lowest BCUT2D eigenvalue weighted by Gasteiger charge is -2.20. The Labute approximate surface area is 137 Å². The van der Waals surface area contributed by atoms with E-state index in [9.17, 15) is 0 Å². The second-order valence-corrected chi connectivity index (χ2v) is 6.58. The predicted molar refractivity (Wildman–Crippen MR) is 93.6 cm³/mol. The highest BCUT2D eigenvalue weighted by Gasteiger charge is 2.15. The van der Waals surface area contributed by atoms with E-state index in [0.717, 1.165) is 22.5 Å². The minimum Gasteiger partial charge on any atom is -0.310 e. The molecule has 0 saturated heterocycles. The Morgan fingerprint density at radius 3 is 2.55 bits per heavy atom. The van der Waals surface area contributed by atoms with Gasteiger partial charge in [0.1, 0.15) is 0 Å². The summed E-state index contributed by atoms with van der Waals surface area (Å²) < 4.78 is 0.992. The summed E-state index contributed by atoms with van der Waals surface area (Å²) in [6.45, 7) is 5.50. The molecule has 0 aromatic heterocycles. The van der Waals surface area contributed by atoms with E-state index in [1.807, 2.05) is 6.07 Å². The molecule has 0 aliphatic rings. The molecule has 0 amide bonds. The lowest BCUT2D eigenvalue weighted by Crippen LogP contribution is -2.22. The molecule has 0 spiro atoms. The number of rotatable bonds is 10. The first-order valence-corrected chi connectivity index (χ1v) is 9.05. The van der Waals surface area contributed by atoms with Crippen molar-refractivity contribution in [1.82, 2.24) is 5.32 Å². The molecule has 1 N–H and O–H groups in total. The summed E-state index contributed by atoms with van der Waals surface area (Å²) in [6.07, 6.45) is 8.91. The van der Waals surface area contributed by atoms with Gasteiger partial charge in [0.25, 0.3) is 0 Å². The van der Waals surface area contributed by atoms with E-state index in [2.05, 4.69) is 47.2 Å². The third-order valence-electron chi connectivity index (χ3n) is 3.59.